The van der Waals surface area contributed by atoms with Crippen molar-refractivity contribution < 1.29 is 9.53 Å². The molecular weight excluding hydrogens is 224 g/mol. The van der Waals surface area contributed by atoms with Gasteiger partial charge in [0.25, 0.3) is 0 Å². The highest BCUT2D eigenvalue weighted by atomic mass is 16.5. The summed E-state index contributed by atoms with van der Waals surface area (Å²) in [4.78, 5) is 11.9. The Morgan fingerprint density at radius 2 is 1.89 bits per heavy atom. The monoisotopic (exact) mass is 250 g/mol. The number of hydrogen-bond acceptors (Lipinski definition) is 2. The van der Waals surface area contributed by atoms with E-state index in [9.17, 15) is 4.79 Å². The first-order chi connectivity index (χ1) is 8.54. The minimum Gasteiger partial charge on any atom is -0.459 e. The van der Waals surface area contributed by atoms with Crippen LogP contribution in [0.15, 0.2) is 24.3 Å². The molecule has 2 unspecified atom stereocenters. The maximum absolute atomic E-state index is 11.9. The standard InChI is InChI=1S/C16H26O2/c1-5-12(2)14(4)18-16(17)13(3)11-15-9-7-6-8-10-15/h5,11-12,14-15H,1,6-10H2,2-4H3. The minimum absolute atomic E-state index is 0.107. The molecule has 0 saturated heterocycles. The van der Waals surface area contributed by atoms with Gasteiger partial charge in [-0.15, -0.1) is 6.58 Å². The highest BCUT2D eigenvalue weighted by Gasteiger charge is 2.17. The van der Waals surface area contributed by atoms with Crippen LogP contribution in [0, 0.1) is 11.8 Å². The van der Waals surface area contributed by atoms with E-state index in [1.54, 1.807) is 0 Å². The van der Waals surface area contributed by atoms with Crippen LogP contribution < -0.4 is 0 Å². The fourth-order valence-corrected chi connectivity index (χ4v) is 2.28. The summed E-state index contributed by atoms with van der Waals surface area (Å²) in [6, 6.07) is 0. The maximum Gasteiger partial charge on any atom is 0.333 e. The molecule has 102 valence electrons. The molecule has 0 bridgehead atoms. The zero-order valence-electron chi connectivity index (χ0n) is 11.9. The summed E-state index contributed by atoms with van der Waals surface area (Å²) in [6.07, 6.45) is 10.1. The normalized spacial score (nSPS) is 21.2. The van der Waals surface area contributed by atoms with Gasteiger partial charge in [-0.1, -0.05) is 38.3 Å². The second-order valence-corrected chi connectivity index (χ2v) is 5.45. The Morgan fingerprint density at radius 1 is 1.28 bits per heavy atom. The third-order valence-corrected chi connectivity index (χ3v) is 3.86. The predicted molar refractivity (Wildman–Crippen MR) is 75.2 cm³/mol. The van der Waals surface area contributed by atoms with Crippen molar-refractivity contribution in [1.29, 1.82) is 0 Å². The van der Waals surface area contributed by atoms with E-state index in [-0.39, 0.29) is 18.0 Å². The summed E-state index contributed by atoms with van der Waals surface area (Å²) in [5.74, 6) is 0.580. The quantitative estimate of drug-likeness (QED) is 0.414. The zero-order valence-corrected chi connectivity index (χ0v) is 11.9. The molecule has 2 nitrogen and oxygen atoms in total. The van der Waals surface area contributed by atoms with Crippen molar-refractivity contribution in [2.75, 3.05) is 0 Å². The van der Waals surface area contributed by atoms with Crippen molar-refractivity contribution >= 4 is 5.97 Å². The van der Waals surface area contributed by atoms with Crippen molar-refractivity contribution in [2.45, 2.75) is 59.0 Å². The van der Waals surface area contributed by atoms with Gasteiger partial charge in [-0.2, -0.15) is 0 Å². The fourth-order valence-electron chi connectivity index (χ4n) is 2.28. The Kier molecular flexibility index (Phi) is 6.17. The highest BCUT2D eigenvalue weighted by Crippen LogP contribution is 2.26. The molecule has 1 rings (SSSR count). The lowest BCUT2D eigenvalue weighted by Gasteiger charge is -2.20. The average Bonchev–Trinajstić information content (AvgIpc) is 2.38. The van der Waals surface area contributed by atoms with Crippen LogP contribution in [-0.2, 0) is 9.53 Å². The molecule has 0 aromatic carbocycles. The van der Waals surface area contributed by atoms with Gasteiger partial charge in [-0.05, 0) is 32.6 Å². The highest BCUT2D eigenvalue weighted by molar-refractivity contribution is 5.87. The van der Waals surface area contributed by atoms with Gasteiger partial charge in [0.2, 0.25) is 0 Å². The molecule has 0 spiro atoms. The molecule has 0 aromatic rings. The third kappa shape index (κ3) is 4.67. The largest absolute Gasteiger partial charge is 0.459 e. The molecule has 0 aliphatic heterocycles. The molecule has 1 fully saturated rings. The molecule has 2 atom stereocenters. The first-order valence-corrected chi connectivity index (χ1v) is 7.06. The van der Waals surface area contributed by atoms with Gasteiger partial charge in [-0.25, -0.2) is 4.79 Å². The fraction of sp³-hybridized carbons (Fsp3) is 0.688. The second kappa shape index (κ2) is 7.40. The average molecular weight is 250 g/mol. The van der Waals surface area contributed by atoms with E-state index in [1.165, 1.54) is 32.1 Å². The Hall–Kier alpha value is -1.05. The van der Waals surface area contributed by atoms with Gasteiger partial charge >= 0.3 is 5.97 Å². The van der Waals surface area contributed by atoms with E-state index < -0.39 is 0 Å². The Balaban J connectivity index is 2.49. The van der Waals surface area contributed by atoms with Gasteiger partial charge in [0.05, 0.1) is 0 Å². The van der Waals surface area contributed by atoms with Crippen molar-refractivity contribution in [3.8, 4) is 0 Å². The van der Waals surface area contributed by atoms with Gasteiger partial charge in [0.15, 0.2) is 0 Å². The molecule has 0 aromatic heterocycles. The summed E-state index contributed by atoms with van der Waals surface area (Å²) < 4.78 is 5.43. The molecule has 1 aliphatic rings. The Labute approximate surface area is 111 Å². The lowest BCUT2D eigenvalue weighted by atomic mass is 9.88. The van der Waals surface area contributed by atoms with Crippen molar-refractivity contribution in [1.82, 2.24) is 0 Å². The van der Waals surface area contributed by atoms with Gasteiger partial charge in [0.1, 0.15) is 6.10 Å². The number of hydrogen-bond donors (Lipinski definition) is 0. The smallest absolute Gasteiger partial charge is 0.333 e. The van der Waals surface area contributed by atoms with Crippen LogP contribution in [0.4, 0.5) is 0 Å². The molecule has 1 aliphatic carbocycles. The van der Waals surface area contributed by atoms with E-state index >= 15 is 0 Å². The lowest BCUT2D eigenvalue weighted by Crippen LogP contribution is -2.21. The lowest BCUT2D eigenvalue weighted by molar-refractivity contribution is -0.144. The summed E-state index contributed by atoms with van der Waals surface area (Å²) in [5.41, 5.74) is 0.755. The molecule has 0 amide bonds. The van der Waals surface area contributed by atoms with Gasteiger partial charge in [0, 0.05) is 11.5 Å². The molecule has 0 N–H and O–H groups in total. The number of allylic oxidation sites excluding steroid dienone is 1. The van der Waals surface area contributed by atoms with Crippen molar-refractivity contribution in [3.05, 3.63) is 24.3 Å². The van der Waals surface area contributed by atoms with E-state index in [0.29, 0.717) is 5.92 Å². The SMILES string of the molecule is C=CC(C)C(C)OC(=O)C(C)=CC1CCCCC1. The maximum atomic E-state index is 11.9. The molecule has 1 saturated carbocycles. The molecule has 0 radical (unpaired) electrons. The van der Waals surface area contributed by atoms with E-state index in [2.05, 4.69) is 12.7 Å². The van der Waals surface area contributed by atoms with Gasteiger partial charge < -0.3 is 4.74 Å². The number of ether oxygens (including phenoxy) is 1. The van der Waals surface area contributed by atoms with Crippen LogP contribution in [0.25, 0.3) is 0 Å². The summed E-state index contributed by atoms with van der Waals surface area (Å²) in [6.45, 7) is 9.50. The third-order valence-electron chi connectivity index (χ3n) is 3.86. The van der Waals surface area contributed by atoms with Gasteiger partial charge in [-0.3, -0.25) is 0 Å². The summed E-state index contributed by atoms with van der Waals surface area (Å²) in [7, 11) is 0. The summed E-state index contributed by atoms with van der Waals surface area (Å²) in [5, 5.41) is 0. The predicted octanol–water partition coefficient (Wildman–Crippen LogP) is 4.27. The molecule has 18 heavy (non-hydrogen) atoms. The van der Waals surface area contributed by atoms with Crippen LogP contribution in [0.1, 0.15) is 52.9 Å². The summed E-state index contributed by atoms with van der Waals surface area (Å²) >= 11 is 0. The Morgan fingerprint density at radius 3 is 2.44 bits per heavy atom. The number of esters is 1. The number of carbonyl (C=O) groups excluding carboxylic acids is 1. The molecular formula is C16H26O2. The first kappa shape index (κ1) is 15.0. The zero-order chi connectivity index (χ0) is 13.5. The number of carbonyl (C=O) groups is 1. The minimum atomic E-state index is -0.179. The van der Waals surface area contributed by atoms with Crippen LogP contribution in [-0.4, -0.2) is 12.1 Å². The number of rotatable bonds is 5. The van der Waals surface area contributed by atoms with Crippen LogP contribution in [0.3, 0.4) is 0 Å². The first-order valence-electron chi connectivity index (χ1n) is 7.06. The second-order valence-electron chi connectivity index (χ2n) is 5.45. The Bertz CT molecular complexity index is 311. The molecule has 0 heterocycles. The van der Waals surface area contributed by atoms with Crippen LogP contribution in [0.5, 0.6) is 0 Å². The van der Waals surface area contributed by atoms with Crippen LogP contribution >= 0.6 is 0 Å². The topological polar surface area (TPSA) is 26.3 Å². The van der Waals surface area contributed by atoms with Crippen molar-refractivity contribution in [3.63, 3.8) is 0 Å². The van der Waals surface area contributed by atoms with Crippen molar-refractivity contribution in [2.24, 2.45) is 11.8 Å². The van der Waals surface area contributed by atoms with Crippen LogP contribution in [0.2, 0.25) is 0 Å². The van der Waals surface area contributed by atoms with E-state index in [4.69, 9.17) is 4.74 Å². The van der Waals surface area contributed by atoms with E-state index in [0.717, 1.165) is 5.57 Å². The van der Waals surface area contributed by atoms with E-state index in [1.807, 2.05) is 26.8 Å². The molecule has 2 heteroatoms.